The van der Waals surface area contributed by atoms with E-state index < -0.39 is 0 Å². The first kappa shape index (κ1) is 20.7. The fraction of sp³-hybridized carbons (Fsp3) is 0.350. The lowest BCUT2D eigenvalue weighted by molar-refractivity contribution is 0.236. The minimum Gasteiger partial charge on any atom is -0.493 e. The molecule has 0 bridgehead atoms. The number of carbonyl (C=O) groups is 1. The Balaban J connectivity index is 1.65. The lowest BCUT2D eigenvalue weighted by Gasteiger charge is -2.11. The molecule has 2 aromatic carbocycles. The van der Waals surface area contributed by atoms with Crippen molar-refractivity contribution in [3.05, 3.63) is 52.5 Å². The van der Waals surface area contributed by atoms with Crippen LogP contribution in [-0.4, -0.2) is 39.9 Å². The first-order valence-electron chi connectivity index (χ1n) is 8.65. The van der Waals surface area contributed by atoms with Gasteiger partial charge in [-0.05, 0) is 54.8 Å². The maximum atomic E-state index is 11.8. The molecule has 146 valence electrons. The minimum absolute atomic E-state index is 0.230. The average Bonchev–Trinajstić information content (AvgIpc) is 2.67. The Kier molecular flexibility index (Phi) is 8.07. The number of halogens is 1. The van der Waals surface area contributed by atoms with Crippen LogP contribution in [0.3, 0.4) is 0 Å². The summed E-state index contributed by atoms with van der Waals surface area (Å²) in [5.41, 5.74) is 2.00. The van der Waals surface area contributed by atoms with Crippen LogP contribution < -0.4 is 24.8 Å². The van der Waals surface area contributed by atoms with Crippen LogP contribution in [0, 0.1) is 6.92 Å². The molecule has 0 spiro atoms. The highest BCUT2D eigenvalue weighted by atomic mass is 35.5. The number of carbonyl (C=O) groups excluding carboxylic acids is 1. The van der Waals surface area contributed by atoms with Gasteiger partial charge in [0.15, 0.2) is 11.5 Å². The fourth-order valence-corrected chi connectivity index (χ4v) is 2.58. The van der Waals surface area contributed by atoms with Crippen molar-refractivity contribution < 1.29 is 19.0 Å². The van der Waals surface area contributed by atoms with Crippen molar-refractivity contribution in [3.8, 4) is 17.2 Å². The van der Waals surface area contributed by atoms with Gasteiger partial charge in [-0.2, -0.15) is 0 Å². The summed E-state index contributed by atoms with van der Waals surface area (Å²) in [5, 5.41) is 6.28. The molecule has 0 fully saturated rings. The molecule has 0 heterocycles. The standard InChI is InChI=1S/C20H25ClN2O4/c1-14-12-16(5-6-17(14)21)27-11-10-23-20(24)22-9-8-15-4-7-18(25-2)19(13-15)26-3/h4-7,12-13H,8-11H2,1-3H3,(H2,22,23,24). The van der Waals surface area contributed by atoms with Crippen molar-refractivity contribution >= 4 is 17.6 Å². The van der Waals surface area contributed by atoms with E-state index in [4.69, 9.17) is 25.8 Å². The lowest BCUT2D eigenvalue weighted by atomic mass is 10.1. The van der Waals surface area contributed by atoms with Gasteiger partial charge in [-0.25, -0.2) is 4.79 Å². The molecule has 6 nitrogen and oxygen atoms in total. The Labute approximate surface area is 164 Å². The van der Waals surface area contributed by atoms with Crippen LogP contribution in [0.5, 0.6) is 17.2 Å². The predicted molar refractivity (Wildman–Crippen MR) is 106 cm³/mol. The number of aryl methyl sites for hydroxylation is 1. The van der Waals surface area contributed by atoms with Crippen molar-refractivity contribution in [2.45, 2.75) is 13.3 Å². The molecule has 0 aliphatic carbocycles. The van der Waals surface area contributed by atoms with Crippen LogP contribution in [0.4, 0.5) is 4.79 Å². The van der Waals surface area contributed by atoms with Gasteiger partial charge >= 0.3 is 6.03 Å². The molecular formula is C20H25ClN2O4. The van der Waals surface area contributed by atoms with Gasteiger partial charge in [-0.15, -0.1) is 0 Å². The fourth-order valence-electron chi connectivity index (χ4n) is 2.46. The third kappa shape index (κ3) is 6.57. The summed E-state index contributed by atoms with van der Waals surface area (Å²) in [6.07, 6.45) is 0.689. The monoisotopic (exact) mass is 392 g/mol. The van der Waals surface area contributed by atoms with Crippen molar-refractivity contribution in [2.75, 3.05) is 33.9 Å². The van der Waals surface area contributed by atoms with Crippen LogP contribution >= 0.6 is 11.6 Å². The van der Waals surface area contributed by atoms with Gasteiger partial charge in [0.25, 0.3) is 0 Å². The second kappa shape index (κ2) is 10.5. The molecule has 0 atom stereocenters. The molecule has 0 saturated carbocycles. The third-order valence-corrected chi connectivity index (χ3v) is 4.36. The first-order valence-corrected chi connectivity index (χ1v) is 9.03. The Morgan fingerprint density at radius 3 is 2.44 bits per heavy atom. The number of hydrogen-bond acceptors (Lipinski definition) is 4. The summed E-state index contributed by atoms with van der Waals surface area (Å²) in [5.74, 6) is 2.09. The summed E-state index contributed by atoms with van der Waals surface area (Å²) in [4.78, 5) is 11.8. The van der Waals surface area contributed by atoms with Gasteiger partial charge in [0.05, 0.1) is 20.8 Å². The second-order valence-electron chi connectivity index (χ2n) is 5.88. The minimum atomic E-state index is -0.230. The van der Waals surface area contributed by atoms with Crippen molar-refractivity contribution in [2.24, 2.45) is 0 Å². The maximum Gasteiger partial charge on any atom is 0.314 e. The molecule has 0 aromatic heterocycles. The molecule has 0 unspecified atom stereocenters. The Bertz CT molecular complexity index is 768. The number of hydrogen-bond donors (Lipinski definition) is 2. The molecular weight excluding hydrogens is 368 g/mol. The van der Waals surface area contributed by atoms with E-state index >= 15 is 0 Å². The number of benzene rings is 2. The quantitative estimate of drug-likeness (QED) is 0.640. The van der Waals surface area contributed by atoms with E-state index in [0.717, 1.165) is 16.9 Å². The molecule has 0 saturated heterocycles. The molecule has 2 N–H and O–H groups in total. The molecule has 2 aromatic rings. The van der Waals surface area contributed by atoms with Gasteiger partial charge < -0.3 is 24.8 Å². The SMILES string of the molecule is COc1ccc(CCNC(=O)NCCOc2ccc(Cl)c(C)c2)cc1OC. The van der Waals surface area contributed by atoms with Crippen LogP contribution in [0.15, 0.2) is 36.4 Å². The number of methoxy groups -OCH3 is 2. The number of nitrogens with one attached hydrogen (secondary N) is 2. The van der Waals surface area contributed by atoms with Crippen LogP contribution in [-0.2, 0) is 6.42 Å². The normalized spacial score (nSPS) is 10.2. The summed E-state index contributed by atoms with van der Waals surface area (Å²) in [6, 6.07) is 10.9. The van der Waals surface area contributed by atoms with E-state index in [9.17, 15) is 4.79 Å². The highest BCUT2D eigenvalue weighted by Gasteiger charge is 2.05. The summed E-state index contributed by atoms with van der Waals surface area (Å²) >= 11 is 5.97. The predicted octanol–water partition coefficient (Wildman–Crippen LogP) is 3.59. The van der Waals surface area contributed by atoms with E-state index in [-0.39, 0.29) is 6.03 Å². The van der Waals surface area contributed by atoms with Crippen LogP contribution in [0.2, 0.25) is 5.02 Å². The Morgan fingerprint density at radius 2 is 1.74 bits per heavy atom. The van der Waals surface area contributed by atoms with Crippen LogP contribution in [0.25, 0.3) is 0 Å². The largest absolute Gasteiger partial charge is 0.493 e. The van der Waals surface area contributed by atoms with Crippen molar-refractivity contribution in [1.29, 1.82) is 0 Å². The molecule has 7 heteroatoms. The highest BCUT2D eigenvalue weighted by Crippen LogP contribution is 2.27. The Morgan fingerprint density at radius 1 is 1.00 bits per heavy atom. The van der Waals surface area contributed by atoms with Gasteiger partial charge in [-0.1, -0.05) is 17.7 Å². The van der Waals surface area contributed by atoms with Gasteiger partial charge in [0.1, 0.15) is 12.4 Å². The number of rotatable bonds is 9. The van der Waals surface area contributed by atoms with E-state index in [1.54, 1.807) is 26.4 Å². The number of ether oxygens (including phenoxy) is 3. The lowest BCUT2D eigenvalue weighted by Crippen LogP contribution is -2.38. The first-order chi connectivity index (χ1) is 13.0. The molecule has 2 rings (SSSR count). The number of amides is 2. The zero-order valence-electron chi connectivity index (χ0n) is 15.8. The summed E-state index contributed by atoms with van der Waals surface area (Å²) in [7, 11) is 3.20. The molecule has 27 heavy (non-hydrogen) atoms. The van der Waals surface area contributed by atoms with Gasteiger partial charge in [-0.3, -0.25) is 0 Å². The van der Waals surface area contributed by atoms with Gasteiger partial charge in [0.2, 0.25) is 0 Å². The third-order valence-electron chi connectivity index (χ3n) is 3.93. The topological polar surface area (TPSA) is 68.8 Å². The zero-order valence-corrected chi connectivity index (χ0v) is 16.6. The molecule has 2 amide bonds. The molecule has 0 radical (unpaired) electrons. The highest BCUT2D eigenvalue weighted by molar-refractivity contribution is 6.31. The summed E-state index contributed by atoms with van der Waals surface area (Å²) in [6.45, 7) is 3.21. The van der Waals surface area contributed by atoms with E-state index in [0.29, 0.717) is 42.6 Å². The van der Waals surface area contributed by atoms with E-state index in [2.05, 4.69) is 10.6 Å². The molecule has 0 aliphatic heterocycles. The Hall–Kier alpha value is -2.60. The second-order valence-corrected chi connectivity index (χ2v) is 6.29. The van der Waals surface area contributed by atoms with E-state index in [1.165, 1.54) is 0 Å². The van der Waals surface area contributed by atoms with E-state index in [1.807, 2.05) is 31.2 Å². The van der Waals surface area contributed by atoms with Gasteiger partial charge in [0, 0.05) is 11.6 Å². The van der Waals surface area contributed by atoms with Crippen molar-refractivity contribution in [3.63, 3.8) is 0 Å². The van der Waals surface area contributed by atoms with Crippen LogP contribution in [0.1, 0.15) is 11.1 Å². The number of urea groups is 1. The van der Waals surface area contributed by atoms with Crippen molar-refractivity contribution in [1.82, 2.24) is 10.6 Å². The zero-order chi connectivity index (χ0) is 19.6. The maximum absolute atomic E-state index is 11.8. The molecule has 0 aliphatic rings. The smallest absolute Gasteiger partial charge is 0.314 e. The average molecular weight is 393 g/mol. The summed E-state index contributed by atoms with van der Waals surface area (Å²) < 4.78 is 16.1.